The first-order chi connectivity index (χ1) is 8.16. The van der Waals surface area contributed by atoms with Gasteiger partial charge in [-0.25, -0.2) is 4.79 Å². The lowest BCUT2D eigenvalue weighted by molar-refractivity contribution is 0.0698. The van der Waals surface area contributed by atoms with Crippen LogP contribution >= 0.6 is 0 Å². The predicted octanol–water partition coefficient (Wildman–Crippen LogP) is 2.57. The molecular formula is C13H18N2O2. The van der Waals surface area contributed by atoms with Crippen LogP contribution < -0.4 is 11.1 Å². The first-order valence-corrected chi connectivity index (χ1v) is 6.03. The summed E-state index contributed by atoms with van der Waals surface area (Å²) in [6.45, 7) is 0.919. The highest BCUT2D eigenvalue weighted by Crippen LogP contribution is 2.33. The van der Waals surface area contributed by atoms with Crippen LogP contribution in [0.25, 0.3) is 0 Å². The lowest BCUT2D eigenvalue weighted by Crippen LogP contribution is -2.05. The number of anilines is 2. The van der Waals surface area contributed by atoms with Gasteiger partial charge in [0.15, 0.2) is 0 Å². The van der Waals surface area contributed by atoms with E-state index in [4.69, 9.17) is 10.8 Å². The zero-order valence-electron chi connectivity index (χ0n) is 9.78. The molecule has 0 atom stereocenters. The molecule has 1 aliphatic carbocycles. The van der Waals surface area contributed by atoms with Crippen molar-refractivity contribution in [2.75, 3.05) is 17.6 Å². The standard InChI is InChI=1S/C13H18N2O2/c14-12-8-10(5-6-11(12)13(16)17)15-7-1-2-9-3-4-9/h5-6,8-9,15H,1-4,7,14H2,(H,16,17). The van der Waals surface area contributed by atoms with E-state index in [1.807, 2.05) is 0 Å². The molecule has 1 aromatic carbocycles. The minimum absolute atomic E-state index is 0.161. The van der Waals surface area contributed by atoms with Crippen molar-refractivity contribution in [3.8, 4) is 0 Å². The molecule has 0 bridgehead atoms. The van der Waals surface area contributed by atoms with Crippen molar-refractivity contribution in [2.24, 2.45) is 5.92 Å². The molecule has 1 saturated carbocycles. The lowest BCUT2D eigenvalue weighted by Gasteiger charge is -2.08. The lowest BCUT2D eigenvalue weighted by atomic mass is 10.1. The van der Waals surface area contributed by atoms with E-state index >= 15 is 0 Å². The Kier molecular flexibility index (Phi) is 3.52. The molecule has 1 aromatic rings. The number of hydrogen-bond donors (Lipinski definition) is 3. The summed E-state index contributed by atoms with van der Waals surface area (Å²) in [7, 11) is 0. The Bertz CT molecular complexity index is 414. The van der Waals surface area contributed by atoms with Gasteiger partial charge in [0.2, 0.25) is 0 Å². The van der Waals surface area contributed by atoms with Crippen LogP contribution in [0.15, 0.2) is 18.2 Å². The zero-order valence-corrected chi connectivity index (χ0v) is 9.78. The maximum atomic E-state index is 10.8. The van der Waals surface area contributed by atoms with Crippen molar-refractivity contribution in [1.82, 2.24) is 0 Å². The zero-order chi connectivity index (χ0) is 12.3. The van der Waals surface area contributed by atoms with E-state index in [-0.39, 0.29) is 5.56 Å². The largest absolute Gasteiger partial charge is 0.478 e. The molecule has 92 valence electrons. The summed E-state index contributed by atoms with van der Waals surface area (Å²) in [5.74, 6) is -0.0287. The van der Waals surface area contributed by atoms with Gasteiger partial charge in [-0.2, -0.15) is 0 Å². The molecule has 0 spiro atoms. The van der Waals surface area contributed by atoms with E-state index < -0.39 is 5.97 Å². The van der Waals surface area contributed by atoms with Crippen molar-refractivity contribution in [3.05, 3.63) is 23.8 Å². The minimum atomic E-state index is -0.984. The van der Waals surface area contributed by atoms with E-state index in [2.05, 4.69) is 5.32 Å². The van der Waals surface area contributed by atoms with E-state index in [1.54, 1.807) is 18.2 Å². The third-order valence-corrected chi connectivity index (χ3v) is 3.10. The summed E-state index contributed by atoms with van der Waals surface area (Å²) in [6.07, 6.45) is 5.22. The Morgan fingerprint density at radius 2 is 2.24 bits per heavy atom. The molecule has 0 unspecified atom stereocenters. The number of benzene rings is 1. The summed E-state index contributed by atoms with van der Waals surface area (Å²) in [5, 5.41) is 12.1. The number of nitrogen functional groups attached to an aromatic ring is 1. The number of carboxylic acids is 1. The highest BCUT2D eigenvalue weighted by Gasteiger charge is 2.19. The smallest absolute Gasteiger partial charge is 0.337 e. The summed E-state index contributed by atoms with van der Waals surface area (Å²) in [4.78, 5) is 10.8. The molecule has 17 heavy (non-hydrogen) atoms. The van der Waals surface area contributed by atoms with Crippen LogP contribution in [0.1, 0.15) is 36.0 Å². The fourth-order valence-electron chi connectivity index (χ4n) is 1.90. The molecule has 1 aliphatic rings. The SMILES string of the molecule is Nc1cc(NCCCC2CC2)ccc1C(=O)O. The Balaban J connectivity index is 1.83. The topological polar surface area (TPSA) is 75.3 Å². The fourth-order valence-corrected chi connectivity index (χ4v) is 1.90. The van der Waals surface area contributed by atoms with Gasteiger partial charge < -0.3 is 16.2 Å². The minimum Gasteiger partial charge on any atom is -0.478 e. The van der Waals surface area contributed by atoms with E-state index in [0.29, 0.717) is 5.69 Å². The molecule has 4 nitrogen and oxygen atoms in total. The summed E-state index contributed by atoms with van der Waals surface area (Å²) in [6, 6.07) is 4.98. The van der Waals surface area contributed by atoms with Gasteiger partial charge in [-0.1, -0.05) is 12.8 Å². The highest BCUT2D eigenvalue weighted by atomic mass is 16.4. The molecule has 0 aromatic heterocycles. The van der Waals surface area contributed by atoms with E-state index in [9.17, 15) is 4.79 Å². The van der Waals surface area contributed by atoms with Crippen molar-refractivity contribution in [2.45, 2.75) is 25.7 Å². The maximum absolute atomic E-state index is 10.8. The van der Waals surface area contributed by atoms with Crippen LogP contribution in [0.4, 0.5) is 11.4 Å². The number of hydrogen-bond acceptors (Lipinski definition) is 3. The molecule has 1 fully saturated rings. The van der Waals surface area contributed by atoms with Gasteiger partial charge in [-0.05, 0) is 37.0 Å². The van der Waals surface area contributed by atoms with Gasteiger partial charge in [0, 0.05) is 17.9 Å². The first kappa shape index (κ1) is 11.8. The molecule has 0 saturated heterocycles. The number of rotatable bonds is 6. The predicted molar refractivity (Wildman–Crippen MR) is 68.3 cm³/mol. The highest BCUT2D eigenvalue weighted by molar-refractivity contribution is 5.94. The number of carboxylic acid groups (broad SMARTS) is 1. The van der Waals surface area contributed by atoms with Gasteiger partial charge in [0.25, 0.3) is 0 Å². The van der Waals surface area contributed by atoms with Crippen molar-refractivity contribution < 1.29 is 9.90 Å². The third kappa shape index (κ3) is 3.37. The molecule has 2 rings (SSSR count). The van der Waals surface area contributed by atoms with Gasteiger partial charge in [0.05, 0.1) is 5.56 Å². The van der Waals surface area contributed by atoms with Crippen LogP contribution in [0.3, 0.4) is 0 Å². The normalized spacial score (nSPS) is 14.6. The molecule has 0 aliphatic heterocycles. The third-order valence-electron chi connectivity index (χ3n) is 3.10. The Morgan fingerprint density at radius 3 is 2.82 bits per heavy atom. The van der Waals surface area contributed by atoms with Crippen molar-refractivity contribution >= 4 is 17.3 Å². The molecule has 4 N–H and O–H groups in total. The second kappa shape index (κ2) is 5.08. The first-order valence-electron chi connectivity index (χ1n) is 6.03. The summed E-state index contributed by atoms with van der Waals surface area (Å²) < 4.78 is 0. The van der Waals surface area contributed by atoms with E-state index in [0.717, 1.165) is 24.6 Å². The van der Waals surface area contributed by atoms with Crippen LogP contribution in [-0.4, -0.2) is 17.6 Å². The van der Waals surface area contributed by atoms with Gasteiger partial charge in [0.1, 0.15) is 0 Å². The monoisotopic (exact) mass is 234 g/mol. The summed E-state index contributed by atoms with van der Waals surface area (Å²) in [5.41, 5.74) is 7.03. The molecule has 4 heteroatoms. The second-order valence-corrected chi connectivity index (χ2v) is 4.62. The van der Waals surface area contributed by atoms with E-state index in [1.165, 1.54) is 19.3 Å². The summed E-state index contributed by atoms with van der Waals surface area (Å²) >= 11 is 0. The second-order valence-electron chi connectivity index (χ2n) is 4.62. The Morgan fingerprint density at radius 1 is 1.47 bits per heavy atom. The molecule has 0 amide bonds. The van der Waals surface area contributed by atoms with Crippen LogP contribution in [0.2, 0.25) is 0 Å². The van der Waals surface area contributed by atoms with Gasteiger partial charge in [-0.3, -0.25) is 0 Å². The molecular weight excluding hydrogens is 216 g/mol. The Labute approximate surface area is 101 Å². The quantitative estimate of drug-likeness (QED) is 0.522. The number of aromatic carboxylic acids is 1. The molecule has 0 heterocycles. The number of nitrogens with one attached hydrogen (secondary N) is 1. The maximum Gasteiger partial charge on any atom is 0.337 e. The average Bonchev–Trinajstić information content (AvgIpc) is 3.08. The average molecular weight is 234 g/mol. The van der Waals surface area contributed by atoms with Gasteiger partial charge >= 0.3 is 5.97 Å². The number of carbonyl (C=O) groups is 1. The van der Waals surface area contributed by atoms with Gasteiger partial charge in [-0.15, -0.1) is 0 Å². The van der Waals surface area contributed by atoms with Crippen molar-refractivity contribution in [3.63, 3.8) is 0 Å². The van der Waals surface area contributed by atoms with Crippen molar-refractivity contribution in [1.29, 1.82) is 0 Å². The number of nitrogens with two attached hydrogens (primary N) is 1. The Hall–Kier alpha value is -1.71. The van der Waals surface area contributed by atoms with Crippen LogP contribution in [-0.2, 0) is 0 Å². The molecule has 0 radical (unpaired) electrons. The fraction of sp³-hybridized carbons (Fsp3) is 0.462. The van der Waals surface area contributed by atoms with Crippen LogP contribution in [0, 0.1) is 5.92 Å². The van der Waals surface area contributed by atoms with Crippen LogP contribution in [0.5, 0.6) is 0 Å².